The Morgan fingerprint density at radius 1 is 1.38 bits per heavy atom. The van der Waals surface area contributed by atoms with Crippen LogP contribution in [-0.2, 0) is 9.59 Å². The first-order valence-corrected chi connectivity index (χ1v) is 6.19. The molecule has 1 aliphatic rings. The van der Waals surface area contributed by atoms with Gasteiger partial charge < -0.3 is 15.0 Å². The standard InChI is InChI=1S/C13H13F3N2O3/c1-21-10-7-8(17-12(20)13(14,15)16)4-5-9(10)18-6-2-3-11(18)19/h4-5,7H,2-3,6H2,1H3,(H,17,20). The maximum absolute atomic E-state index is 12.2. The molecule has 1 aromatic carbocycles. The molecule has 1 aliphatic heterocycles. The maximum Gasteiger partial charge on any atom is 0.471 e. The molecule has 1 N–H and O–H groups in total. The van der Waals surface area contributed by atoms with Crippen LogP contribution in [0.15, 0.2) is 18.2 Å². The summed E-state index contributed by atoms with van der Waals surface area (Å²) in [4.78, 5) is 24.1. The molecule has 5 nitrogen and oxygen atoms in total. The monoisotopic (exact) mass is 302 g/mol. The van der Waals surface area contributed by atoms with Crippen molar-refractivity contribution in [2.45, 2.75) is 19.0 Å². The molecule has 1 saturated heterocycles. The van der Waals surface area contributed by atoms with Crippen LogP contribution in [0.25, 0.3) is 0 Å². The molecule has 2 amide bonds. The van der Waals surface area contributed by atoms with Crippen LogP contribution in [0.5, 0.6) is 5.75 Å². The van der Waals surface area contributed by atoms with Crippen LogP contribution in [0.3, 0.4) is 0 Å². The van der Waals surface area contributed by atoms with E-state index in [-0.39, 0.29) is 17.3 Å². The zero-order chi connectivity index (χ0) is 15.6. The minimum atomic E-state index is -4.96. The third-order valence-corrected chi connectivity index (χ3v) is 3.06. The zero-order valence-corrected chi connectivity index (χ0v) is 11.2. The van der Waals surface area contributed by atoms with Crippen molar-refractivity contribution in [2.24, 2.45) is 0 Å². The molecular weight excluding hydrogens is 289 g/mol. The molecule has 2 rings (SSSR count). The molecule has 0 spiro atoms. The Labute approximate surface area is 118 Å². The molecule has 1 fully saturated rings. The van der Waals surface area contributed by atoms with Gasteiger partial charge in [-0.1, -0.05) is 0 Å². The lowest BCUT2D eigenvalue weighted by Gasteiger charge is -2.19. The number of nitrogens with zero attached hydrogens (tertiary/aromatic N) is 1. The van der Waals surface area contributed by atoms with Crippen molar-refractivity contribution >= 4 is 23.2 Å². The zero-order valence-electron chi connectivity index (χ0n) is 11.2. The Kier molecular flexibility index (Phi) is 4.06. The number of methoxy groups -OCH3 is 1. The van der Waals surface area contributed by atoms with Crippen molar-refractivity contribution in [3.05, 3.63) is 18.2 Å². The molecule has 0 atom stereocenters. The van der Waals surface area contributed by atoms with Gasteiger partial charge in [0.05, 0.1) is 12.8 Å². The van der Waals surface area contributed by atoms with E-state index >= 15 is 0 Å². The van der Waals surface area contributed by atoms with Gasteiger partial charge >= 0.3 is 12.1 Å². The molecule has 8 heteroatoms. The van der Waals surface area contributed by atoms with E-state index in [1.165, 1.54) is 30.2 Å². The molecule has 21 heavy (non-hydrogen) atoms. The molecule has 1 aromatic rings. The summed E-state index contributed by atoms with van der Waals surface area (Å²) in [6.45, 7) is 0.531. The van der Waals surface area contributed by atoms with Gasteiger partial charge in [0.25, 0.3) is 0 Å². The van der Waals surface area contributed by atoms with Crippen LogP contribution in [0.1, 0.15) is 12.8 Å². The van der Waals surface area contributed by atoms with Gasteiger partial charge in [-0.3, -0.25) is 9.59 Å². The van der Waals surface area contributed by atoms with Crippen molar-refractivity contribution in [2.75, 3.05) is 23.9 Å². The fourth-order valence-electron chi connectivity index (χ4n) is 2.08. The Bertz CT molecular complexity index is 572. The predicted octanol–water partition coefficient (Wildman–Crippen LogP) is 2.32. The summed E-state index contributed by atoms with van der Waals surface area (Å²) in [6, 6.07) is 4.01. The summed E-state index contributed by atoms with van der Waals surface area (Å²) in [5.41, 5.74) is 0.426. The molecule has 114 valence electrons. The number of benzene rings is 1. The van der Waals surface area contributed by atoms with Gasteiger partial charge in [-0.15, -0.1) is 0 Å². The second kappa shape index (κ2) is 5.63. The average molecular weight is 302 g/mol. The van der Waals surface area contributed by atoms with Crippen LogP contribution in [-0.4, -0.2) is 31.6 Å². The fraction of sp³-hybridized carbons (Fsp3) is 0.385. The van der Waals surface area contributed by atoms with Crippen LogP contribution >= 0.6 is 0 Å². The van der Waals surface area contributed by atoms with Gasteiger partial charge in [0, 0.05) is 24.7 Å². The largest absolute Gasteiger partial charge is 0.494 e. The quantitative estimate of drug-likeness (QED) is 0.932. The SMILES string of the molecule is COc1cc(NC(=O)C(F)(F)F)ccc1N1CCCC1=O. The van der Waals surface area contributed by atoms with Crippen molar-refractivity contribution in [1.29, 1.82) is 0 Å². The second-order valence-electron chi connectivity index (χ2n) is 4.49. The Morgan fingerprint density at radius 2 is 2.10 bits per heavy atom. The van der Waals surface area contributed by atoms with E-state index in [0.717, 1.165) is 0 Å². The number of ether oxygens (including phenoxy) is 1. The lowest BCUT2D eigenvalue weighted by Crippen LogP contribution is -2.30. The minimum absolute atomic E-state index is 0.0513. The number of nitrogens with one attached hydrogen (secondary N) is 1. The highest BCUT2D eigenvalue weighted by Gasteiger charge is 2.38. The van der Waals surface area contributed by atoms with Gasteiger partial charge in [0.15, 0.2) is 0 Å². The summed E-state index contributed by atoms with van der Waals surface area (Å²) in [5, 5.41) is 1.74. The molecule has 0 saturated carbocycles. The third kappa shape index (κ3) is 3.26. The van der Waals surface area contributed by atoms with Crippen molar-refractivity contribution in [1.82, 2.24) is 0 Å². The number of alkyl halides is 3. The van der Waals surface area contributed by atoms with E-state index in [0.29, 0.717) is 25.1 Å². The summed E-state index contributed by atoms with van der Waals surface area (Å²) < 4.78 is 41.7. The minimum Gasteiger partial charge on any atom is -0.494 e. The first-order chi connectivity index (χ1) is 9.82. The highest BCUT2D eigenvalue weighted by atomic mass is 19.4. The van der Waals surface area contributed by atoms with E-state index in [1.807, 2.05) is 0 Å². The fourth-order valence-corrected chi connectivity index (χ4v) is 2.08. The van der Waals surface area contributed by atoms with E-state index in [4.69, 9.17) is 4.74 Å². The van der Waals surface area contributed by atoms with Crippen LogP contribution in [0.2, 0.25) is 0 Å². The number of amides is 2. The summed E-state index contributed by atoms with van der Waals surface area (Å²) >= 11 is 0. The summed E-state index contributed by atoms with van der Waals surface area (Å²) in [6.07, 6.45) is -3.82. The van der Waals surface area contributed by atoms with E-state index < -0.39 is 12.1 Å². The van der Waals surface area contributed by atoms with Crippen molar-refractivity contribution in [3.63, 3.8) is 0 Å². The highest BCUT2D eigenvalue weighted by Crippen LogP contribution is 2.34. The van der Waals surface area contributed by atoms with Crippen LogP contribution in [0.4, 0.5) is 24.5 Å². The molecule has 0 aromatic heterocycles. The lowest BCUT2D eigenvalue weighted by molar-refractivity contribution is -0.167. The number of carbonyl (C=O) groups is 2. The van der Waals surface area contributed by atoms with Gasteiger partial charge in [0.1, 0.15) is 5.75 Å². The lowest BCUT2D eigenvalue weighted by atomic mass is 10.2. The van der Waals surface area contributed by atoms with Crippen molar-refractivity contribution < 1.29 is 27.5 Å². The second-order valence-corrected chi connectivity index (χ2v) is 4.49. The van der Waals surface area contributed by atoms with E-state index in [1.54, 1.807) is 5.32 Å². The van der Waals surface area contributed by atoms with Crippen LogP contribution < -0.4 is 15.0 Å². The topological polar surface area (TPSA) is 58.6 Å². The number of anilines is 2. The Balaban J connectivity index is 2.24. The van der Waals surface area contributed by atoms with Gasteiger partial charge in [0.2, 0.25) is 5.91 Å². The average Bonchev–Trinajstić information content (AvgIpc) is 2.83. The number of hydrogen-bond acceptors (Lipinski definition) is 3. The molecule has 1 heterocycles. The molecular formula is C13H13F3N2O3. The number of hydrogen-bond donors (Lipinski definition) is 1. The first kappa shape index (κ1) is 15.1. The summed E-state index contributed by atoms with van der Waals surface area (Å²) in [5.74, 6) is -1.90. The molecule has 0 aliphatic carbocycles. The Morgan fingerprint density at radius 3 is 2.62 bits per heavy atom. The van der Waals surface area contributed by atoms with E-state index in [9.17, 15) is 22.8 Å². The normalized spacial score (nSPS) is 15.2. The Hall–Kier alpha value is -2.25. The molecule has 0 unspecified atom stereocenters. The first-order valence-electron chi connectivity index (χ1n) is 6.19. The molecule has 0 radical (unpaired) electrons. The van der Waals surface area contributed by atoms with Gasteiger partial charge in [-0.2, -0.15) is 13.2 Å². The van der Waals surface area contributed by atoms with E-state index in [2.05, 4.69) is 0 Å². The number of halogens is 3. The number of carbonyl (C=O) groups excluding carboxylic acids is 2. The highest BCUT2D eigenvalue weighted by molar-refractivity contribution is 5.98. The van der Waals surface area contributed by atoms with Gasteiger partial charge in [-0.25, -0.2) is 0 Å². The third-order valence-electron chi connectivity index (χ3n) is 3.06. The van der Waals surface area contributed by atoms with Crippen LogP contribution in [0, 0.1) is 0 Å². The van der Waals surface area contributed by atoms with Crippen molar-refractivity contribution in [3.8, 4) is 5.75 Å². The smallest absolute Gasteiger partial charge is 0.471 e. The maximum atomic E-state index is 12.2. The summed E-state index contributed by atoms with van der Waals surface area (Å²) in [7, 11) is 1.34. The van der Waals surface area contributed by atoms with Gasteiger partial charge in [-0.05, 0) is 18.6 Å². The molecule has 0 bridgehead atoms. The number of rotatable bonds is 3. The predicted molar refractivity (Wildman–Crippen MR) is 69.3 cm³/mol.